The molecule has 2 heterocycles. The fourth-order valence-electron chi connectivity index (χ4n) is 8.61. The zero-order valence-corrected chi connectivity index (χ0v) is 38.4. The van der Waals surface area contributed by atoms with E-state index >= 15 is 0 Å². The van der Waals surface area contributed by atoms with Crippen molar-refractivity contribution in [1.82, 2.24) is 10.2 Å². The average molecular weight is 897 g/mol. The van der Waals surface area contributed by atoms with E-state index < -0.39 is 35.7 Å². The first-order valence-corrected chi connectivity index (χ1v) is 23.2. The van der Waals surface area contributed by atoms with Gasteiger partial charge < -0.3 is 36.9 Å². The summed E-state index contributed by atoms with van der Waals surface area (Å²) in [4.78, 5) is 76.2. The monoisotopic (exact) mass is 896 g/mol. The van der Waals surface area contributed by atoms with Gasteiger partial charge in [0.15, 0.2) is 17.3 Å². The highest BCUT2D eigenvalue weighted by atomic mass is 16.5. The van der Waals surface area contributed by atoms with Crippen LogP contribution in [0, 0.1) is 11.8 Å². The van der Waals surface area contributed by atoms with Gasteiger partial charge in [0, 0.05) is 73.4 Å². The predicted molar refractivity (Wildman–Crippen MR) is 258 cm³/mol. The molecule has 2 aliphatic rings. The lowest BCUT2D eigenvalue weighted by Gasteiger charge is -2.32. The van der Waals surface area contributed by atoms with Gasteiger partial charge in [-0.05, 0) is 96.8 Å². The molecule has 0 spiro atoms. The zero-order chi connectivity index (χ0) is 47.2. The van der Waals surface area contributed by atoms with Crippen LogP contribution in [0.1, 0.15) is 91.9 Å². The van der Waals surface area contributed by atoms with E-state index in [2.05, 4.69) is 41.5 Å². The lowest BCUT2D eigenvalue weighted by Crippen LogP contribution is -2.46. The SMILES string of the molecule is CCCCc1ccc(-c2ccc(C(=O)C[C@@H](CCCN)C(=O)N(C)[C@@H]3C(=O)C[C@@H](C)C(=O)N[C@H](C4=NC=CC(=O)C4)Cc4ccc(OCCN)c(c4)-c4cc3ccc4OCCN)cc2)cc1. The van der Waals surface area contributed by atoms with Crippen molar-refractivity contribution in [3.05, 3.63) is 119 Å². The van der Waals surface area contributed by atoms with Crippen LogP contribution in [-0.2, 0) is 32.0 Å². The van der Waals surface area contributed by atoms with Crippen molar-refractivity contribution in [3.8, 4) is 33.8 Å². The third-order valence-electron chi connectivity index (χ3n) is 12.3. The second-order valence-corrected chi connectivity index (χ2v) is 17.3. The quantitative estimate of drug-likeness (QED) is 0.0730. The van der Waals surface area contributed by atoms with E-state index in [0.717, 1.165) is 36.0 Å². The Kier molecular flexibility index (Phi) is 17.7. The number of Topliss-reactive ketones (excluding diaryl/α,β-unsaturated/α-hetero) is 2. The third-order valence-corrected chi connectivity index (χ3v) is 12.3. The Hall–Kier alpha value is -6.28. The number of fused-ring (bicyclic) bond motifs is 5. The summed E-state index contributed by atoms with van der Waals surface area (Å²) in [6.07, 6.45) is 6.94. The highest BCUT2D eigenvalue weighted by molar-refractivity contribution is 6.11. The Bertz CT molecular complexity index is 2410. The number of allylic oxidation sites excluding steroid dienone is 1. The van der Waals surface area contributed by atoms with Gasteiger partial charge in [-0.25, -0.2) is 0 Å². The first-order chi connectivity index (χ1) is 31.9. The van der Waals surface area contributed by atoms with Crippen LogP contribution in [0.3, 0.4) is 0 Å². The number of nitrogens with two attached hydrogens (primary N) is 3. The maximum atomic E-state index is 14.9. The minimum absolute atomic E-state index is 0.0280. The summed E-state index contributed by atoms with van der Waals surface area (Å²) < 4.78 is 12.4. The maximum Gasteiger partial charge on any atom is 0.226 e. The first kappa shape index (κ1) is 49.2. The molecule has 2 aliphatic heterocycles. The lowest BCUT2D eigenvalue weighted by molar-refractivity contribution is -0.142. The van der Waals surface area contributed by atoms with Gasteiger partial charge >= 0.3 is 0 Å². The van der Waals surface area contributed by atoms with E-state index in [9.17, 15) is 24.0 Å². The van der Waals surface area contributed by atoms with E-state index in [0.29, 0.717) is 58.9 Å². The Labute approximate surface area is 388 Å². The van der Waals surface area contributed by atoms with Gasteiger partial charge in [0.05, 0.1) is 12.5 Å². The number of nitrogens with zero attached hydrogens (tertiary/aromatic N) is 2. The number of nitrogens with one attached hydrogen (secondary N) is 1. The molecule has 0 unspecified atom stereocenters. The molecule has 7 N–H and O–H groups in total. The number of ketones is 3. The number of aliphatic imine (C=N–C) groups is 1. The number of benzene rings is 4. The summed E-state index contributed by atoms with van der Waals surface area (Å²) in [6.45, 7) is 5.05. The second-order valence-electron chi connectivity index (χ2n) is 17.3. The van der Waals surface area contributed by atoms with Crippen LogP contribution in [0.2, 0.25) is 0 Å². The third kappa shape index (κ3) is 12.5. The highest BCUT2D eigenvalue weighted by Gasteiger charge is 2.36. The molecule has 0 saturated heterocycles. The largest absolute Gasteiger partial charge is 0.492 e. The molecule has 4 aromatic rings. The van der Waals surface area contributed by atoms with Crippen molar-refractivity contribution in [1.29, 1.82) is 0 Å². The summed E-state index contributed by atoms with van der Waals surface area (Å²) in [5, 5.41) is 3.08. The summed E-state index contributed by atoms with van der Waals surface area (Å²) in [5.74, 6) is -2.19. The van der Waals surface area contributed by atoms with E-state index in [1.54, 1.807) is 38.2 Å². The molecule has 0 aliphatic carbocycles. The summed E-state index contributed by atoms with van der Waals surface area (Å²) in [6, 6.07) is 25.0. The van der Waals surface area contributed by atoms with Crippen LogP contribution in [0.25, 0.3) is 22.3 Å². The summed E-state index contributed by atoms with van der Waals surface area (Å²) >= 11 is 0. The van der Waals surface area contributed by atoms with Crippen molar-refractivity contribution in [2.45, 2.75) is 83.7 Å². The maximum absolute atomic E-state index is 14.9. The van der Waals surface area contributed by atoms with E-state index in [4.69, 9.17) is 26.7 Å². The van der Waals surface area contributed by atoms with Gasteiger partial charge in [0.1, 0.15) is 30.8 Å². The van der Waals surface area contributed by atoms with Gasteiger partial charge in [-0.1, -0.05) is 80.9 Å². The molecule has 0 aromatic heterocycles. The minimum atomic E-state index is -1.17. The van der Waals surface area contributed by atoms with Crippen LogP contribution in [-0.4, -0.2) is 85.7 Å². The van der Waals surface area contributed by atoms with Crippen LogP contribution in [0.4, 0.5) is 0 Å². The molecule has 6 rings (SSSR count). The van der Waals surface area contributed by atoms with E-state index in [1.165, 1.54) is 22.7 Å². The van der Waals surface area contributed by atoms with Gasteiger partial charge in [-0.2, -0.15) is 0 Å². The molecule has 0 fully saturated rings. The number of hydrogen-bond donors (Lipinski definition) is 4. The summed E-state index contributed by atoms with van der Waals surface area (Å²) in [7, 11) is 1.57. The Morgan fingerprint density at radius 3 is 2.11 bits per heavy atom. The number of carbonyl (C=O) groups is 5. The highest BCUT2D eigenvalue weighted by Crippen LogP contribution is 2.41. The number of carbonyl (C=O) groups excluding carboxylic acids is 5. The Balaban J connectivity index is 1.37. The fourth-order valence-corrected chi connectivity index (χ4v) is 8.61. The van der Waals surface area contributed by atoms with Crippen molar-refractivity contribution in [2.24, 2.45) is 34.0 Å². The predicted octanol–water partition coefficient (Wildman–Crippen LogP) is 6.73. The van der Waals surface area contributed by atoms with Crippen LogP contribution in [0.5, 0.6) is 11.5 Å². The molecule has 4 aromatic carbocycles. The molecule has 66 heavy (non-hydrogen) atoms. The van der Waals surface area contributed by atoms with Gasteiger partial charge in [-0.15, -0.1) is 0 Å². The molecule has 348 valence electrons. The Morgan fingerprint density at radius 1 is 0.818 bits per heavy atom. The van der Waals surface area contributed by atoms with Crippen LogP contribution >= 0.6 is 0 Å². The topological polar surface area (TPSA) is 210 Å². The first-order valence-electron chi connectivity index (χ1n) is 23.2. The standard InChI is InChI=1S/C53H64N6O7/c1-4-5-7-35-9-12-37(13-10-35)38-14-16-39(17-15-38)47(61)32-41(8-6-22-54)53(64)59(3)51-40-18-20-50(66-27-24-56)44(31-40)43-29-36(11-19-49(43)65-26-23-55)30-46(45-33-42(60)21-25-57-45)58-52(63)34(2)28-48(51)62/h9-21,25,29,31,34,41,46,51H,4-8,22-24,26-28,30,32-33,54-56H2,1-3H3,(H,58,63)/t34-,41-,46+,51+/m1/s1. The molecule has 13 heteroatoms. The molecule has 0 radical (unpaired) electrons. The smallest absolute Gasteiger partial charge is 0.226 e. The number of amides is 2. The van der Waals surface area contributed by atoms with Gasteiger partial charge in [0.25, 0.3) is 0 Å². The number of likely N-dealkylation sites (N-methyl/N-ethyl adjacent to an activating group) is 1. The average Bonchev–Trinajstić information content (AvgIpc) is 3.33. The number of rotatable bonds is 19. The minimum Gasteiger partial charge on any atom is -0.492 e. The number of hydrogen-bond acceptors (Lipinski definition) is 11. The number of ether oxygens (including phenoxy) is 2. The second kappa shape index (κ2) is 23.8. The molecular weight excluding hydrogens is 833 g/mol. The summed E-state index contributed by atoms with van der Waals surface area (Å²) in [5.41, 5.74) is 24.5. The molecule has 2 amide bonds. The normalized spacial score (nSPS) is 17.9. The van der Waals surface area contributed by atoms with Crippen LogP contribution < -0.4 is 32.0 Å². The molecule has 0 saturated carbocycles. The molecular formula is C53H64N6O7. The van der Waals surface area contributed by atoms with Crippen molar-refractivity contribution in [3.63, 3.8) is 0 Å². The molecule has 4 bridgehead atoms. The van der Waals surface area contributed by atoms with E-state index in [-0.39, 0.29) is 69.3 Å². The number of aryl methyl sites for hydroxylation is 1. The molecule has 13 nitrogen and oxygen atoms in total. The zero-order valence-electron chi connectivity index (χ0n) is 38.4. The van der Waals surface area contributed by atoms with Crippen molar-refractivity contribution >= 4 is 34.9 Å². The van der Waals surface area contributed by atoms with Gasteiger partial charge in [-0.3, -0.25) is 29.0 Å². The van der Waals surface area contributed by atoms with E-state index in [1.807, 2.05) is 36.4 Å². The van der Waals surface area contributed by atoms with Gasteiger partial charge in [0.2, 0.25) is 11.8 Å². The van der Waals surface area contributed by atoms with Crippen molar-refractivity contribution in [2.75, 3.05) is 39.9 Å². The Morgan fingerprint density at radius 2 is 1.47 bits per heavy atom. The fraction of sp³-hybridized carbons (Fsp3) is 0.396. The van der Waals surface area contributed by atoms with Crippen molar-refractivity contribution < 1.29 is 33.4 Å². The van der Waals surface area contributed by atoms with Crippen LogP contribution in [0.15, 0.2) is 102 Å². The lowest BCUT2D eigenvalue weighted by atomic mass is 9.87. The number of unbranched alkanes of at least 4 members (excludes halogenated alkanes) is 1. The molecule has 4 atom stereocenters.